The molecule has 0 spiro atoms. The van der Waals surface area contributed by atoms with Gasteiger partial charge in [0.1, 0.15) is 5.82 Å². The van der Waals surface area contributed by atoms with Crippen molar-refractivity contribution < 1.29 is 0 Å². The molecule has 14 heavy (non-hydrogen) atoms. The summed E-state index contributed by atoms with van der Waals surface area (Å²) in [4.78, 5) is 0. The molecule has 0 saturated carbocycles. The molecule has 3 heteroatoms. The predicted molar refractivity (Wildman–Crippen MR) is 59.4 cm³/mol. The monoisotopic (exact) mass is 193 g/mol. The van der Waals surface area contributed by atoms with Crippen LogP contribution in [0, 0.1) is 6.92 Å². The minimum Gasteiger partial charge on any atom is -0.369 e. The highest BCUT2D eigenvalue weighted by Crippen LogP contribution is 2.04. The summed E-state index contributed by atoms with van der Waals surface area (Å²) in [6.45, 7) is 5.24. The maximum Gasteiger partial charge on any atom is 0.148 e. The molecule has 0 radical (unpaired) electrons. The molecule has 0 aliphatic carbocycles. The second kappa shape index (κ2) is 6.35. The van der Waals surface area contributed by atoms with Crippen LogP contribution >= 0.6 is 0 Å². The maximum atomic E-state index is 4.00. The zero-order valence-electron chi connectivity index (χ0n) is 9.08. The first-order chi connectivity index (χ1) is 6.83. The molecule has 1 aromatic heterocycles. The molecule has 1 rings (SSSR count). The van der Waals surface area contributed by atoms with Crippen molar-refractivity contribution in [3.63, 3.8) is 0 Å². The summed E-state index contributed by atoms with van der Waals surface area (Å²) < 4.78 is 0. The first kappa shape index (κ1) is 11.0. The molecular formula is C11H19N3. The number of anilines is 1. The Morgan fingerprint density at radius 3 is 2.86 bits per heavy atom. The highest BCUT2D eigenvalue weighted by molar-refractivity contribution is 5.34. The minimum atomic E-state index is 0.890. The van der Waals surface area contributed by atoms with E-state index < -0.39 is 0 Å². The van der Waals surface area contributed by atoms with Gasteiger partial charge in [0.2, 0.25) is 0 Å². The fourth-order valence-electron chi connectivity index (χ4n) is 1.32. The lowest BCUT2D eigenvalue weighted by molar-refractivity contribution is 0.683. The lowest BCUT2D eigenvalue weighted by Gasteiger charge is -2.04. The van der Waals surface area contributed by atoms with Gasteiger partial charge in [-0.1, -0.05) is 26.2 Å². The van der Waals surface area contributed by atoms with Crippen molar-refractivity contribution in [1.29, 1.82) is 0 Å². The normalized spacial score (nSPS) is 10.1. The van der Waals surface area contributed by atoms with Gasteiger partial charge in [0, 0.05) is 6.54 Å². The molecule has 0 aliphatic heterocycles. The molecule has 0 fully saturated rings. The Bertz CT molecular complexity index is 260. The highest BCUT2D eigenvalue weighted by Gasteiger charge is 1.93. The lowest BCUT2D eigenvalue weighted by atomic mass is 10.2. The van der Waals surface area contributed by atoms with E-state index in [4.69, 9.17) is 0 Å². The molecular weight excluding hydrogens is 174 g/mol. The van der Waals surface area contributed by atoms with Gasteiger partial charge in [0.05, 0.1) is 6.20 Å². The second-order valence-corrected chi connectivity index (χ2v) is 3.61. The summed E-state index contributed by atoms with van der Waals surface area (Å²) in [5.41, 5.74) is 1.15. The molecule has 0 amide bonds. The molecule has 0 bridgehead atoms. The average Bonchev–Trinajstić information content (AvgIpc) is 2.18. The molecule has 1 heterocycles. The second-order valence-electron chi connectivity index (χ2n) is 3.61. The van der Waals surface area contributed by atoms with E-state index in [0.717, 1.165) is 17.9 Å². The van der Waals surface area contributed by atoms with E-state index in [0.29, 0.717) is 0 Å². The first-order valence-corrected chi connectivity index (χ1v) is 5.36. The Labute approximate surface area is 85.9 Å². The van der Waals surface area contributed by atoms with Crippen molar-refractivity contribution in [2.24, 2.45) is 0 Å². The standard InChI is InChI=1S/C11H19N3/c1-3-4-5-6-7-12-11-8-10(2)9-13-14-11/h8-9H,3-7H2,1-2H3,(H,12,14). The molecule has 3 nitrogen and oxygen atoms in total. The summed E-state index contributed by atoms with van der Waals surface area (Å²) in [6, 6.07) is 2.02. The quantitative estimate of drug-likeness (QED) is 0.706. The molecule has 0 unspecified atom stereocenters. The van der Waals surface area contributed by atoms with Gasteiger partial charge in [-0.05, 0) is 25.0 Å². The van der Waals surface area contributed by atoms with Crippen LogP contribution in [0.1, 0.15) is 38.2 Å². The maximum absolute atomic E-state index is 4.00. The van der Waals surface area contributed by atoms with Crippen LogP contribution in [0.4, 0.5) is 5.82 Å². The fraction of sp³-hybridized carbons (Fsp3) is 0.636. The molecule has 0 aromatic carbocycles. The van der Waals surface area contributed by atoms with Crippen LogP contribution in [-0.2, 0) is 0 Å². The van der Waals surface area contributed by atoms with Crippen LogP contribution in [0.3, 0.4) is 0 Å². The minimum absolute atomic E-state index is 0.890. The fourth-order valence-corrected chi connectivity index (χ4v) is 1.32. The van der Waals surface area contributed by atoms with Gasteiger partial charge in [-0.25, -0.2) is 0 Å². The number of aryl methyl sites for hydroxylation is 1. The smallest absolute Gasteiger partial charge is 0.148 e. The van der Waals surface area contributed by atoms with Crippen molar-refractivity contribution in [2.45, 2.75) is 39.5 Å². The predicted octanol–water partition coefficient (Wildman–Crippen LogP) is 2.78. The molecule has 0 aliphatic rings. The zero-order chi connectivity index (χ0) is 10.2. The largest absolute Gasteiger partial charge is 0.369 e. The number of rotatable bonds is 6. The molecule has 0 atom stereocenters. The Morgan fingerprint density at radius 2 is 2.14 bits per heavy atom. The lowest BCUT2D eigenvalue weighted by Crippen LogP contribution is -2.04. The Morgan fingerprint density at radius 1 is 1.29 bits per heavy atom. The van der Waals surface area contributed by atoms with Gasteiger partial charge in [0.15, 0.2) is 0 Å². The summed E-state index contributed by atoms with van der Waals surface area (Å²) in [6.07, 6.45) is 6.87. The van der Waals surface area contributed by atoms with E-state index in [2.05, 4.69) is 22.4 Å². The first-order valence-electron chi connectivity index (χ1n) is 5.36. The highest BCUT2D eigenvalue weighted by atomic mass is 15.2. The van der Waals surface area contributed by atoms with E-state index in [-0.39, 0.29) is 0 Å². The summed E-state index contributed by atoms with van der Waals surface area (Å²) in [5, 5.41) is 11.2. The number of unbranched alkanes of at least 4 members (excludes halogenated alkanes) is 3. The van der Waals surface area contributed by atoms with Gasteiger partial charge in [-0.2, -0.15) is 5.10 Å². The summed E-state index contributed by atoms with van der Waals surface area (Å²) in [7, 11) is 0. The van der Waals surface area contributed by atoms with Crippen LogP contribution in [0.25, 0.3) is 0 Å². The van der Waals surface area contributed by atoms with Crippen LogP contribution in [-0.4, -0.2) is 16.7 Å². The number of nitrogens with zero attached hydrogens (tertiary/aromatic N) is 2. The van der Waals surface area contributed by atoms with Gasteiger partial charge in [0.25, 0.3) is 0 Å². The van der Waals surface area contributed by atoms with Crippen molar-refractivity contribution in [2.75, 3.05) is 11.9 Å². The van der Waals surface area contributed by atoms with E-state index in [1.54, 1.807) is 6.20 Å². The van der Waals surface area contributed by atoms with Crippen molar-refractivity contribution in [3.05, 3.63) is 17.8 Å². The third kappa shape index (κ3) is 4.21. The number of hydrogen-bond donors (Lipinski definition) is 1. The van der Waals surface area contributed by atoms with Gasteiger partial charge in [-0.3, -0.25) is 0 Å². The molecule has 78 valence electrons. The van der Waals surface area contributed by atoms with E-state index in [1.165, 1.54) is 25.7 Å². The number of aromatic nitrogens is 2. The Hall–Kier alpha value is -1.12. The SMILES string of the molecule is CCCCCCNc1cc(C)cnn1. The number of nitrogens with one attached hydrogen (secondary N) is 1. The van der Waals surface area contributed by atoms with Crippen molar-refractivity contribution in [3.8, 4) is 0 Å². The molecule has 1 N–H and O–H groups in total. The van der Waals surface area contributed by atoms with Gasteiger partial charge >= 0.3 is 0 Å². The Balaban J connectivity index is 2.18. The summed E-state index contributed by atoms with van der Waals surface area (Å²) >= 11 is 0. The third-order valence-electron chi connectivity index (χ3n) is 2.13. The van der Waals surface area contributed by atoms with Gasteiger partial charge < -0.3 is 5.32 Å². The van der Waals surface area contributed by atoms with E-state index in [9.17, 15) is 0 Å². The van der Waals surface area contributed by atoms with Crippen LogP contribution < -0.4 is 5.32 Å². The van der Waals surface area contributed by atoms with E-state index in [1.807, 2.05) is 13.0 Å². The van der Waals surface area contributed by atoms with E-state index >= 15 is 0 Å². The Kier molecular flexibility index (Phi) is 4.97. The zero-order valence-corrected chi connectivity index (χ0v) is 9.08. The van der Waals surface area contributed by atoms with Crippen LogP contribution in [0.5, 0.6) is 0 Å². The summed E-state index contributed by atoms with van der Waals surface area (Å²) in [5.74, 6) is 0.890. The topological polar surface area (TPSA) is 37.8 Å². The van der Waals surface area contributed by atoms with Crippen LogP contribution in [0.2, 0.25) is 0 Å². The van der Waals surface area contributed by atoms with Crippen molar-refractivity contribution >= 4 is 5.82 Å². The van der Waals surface area contributed by atoms with Crippen LogP contribution in [0.15, 0.2) is 12.3 Å². The average molecular weight is 193 g/mol. The molecule has 0 saturated heterocycles. The third-order valence-corrected chi connectivity index (χ3v) is 2.13. The number of hydrogen-bond acceptors (Lipinski definition) is 3. The van der Waals surface area contributed by atoms with Crippen molar-refractivity contribution in [1.82, 2.24) is 10.2 Å². The molecule has 1 aromatic rings. The van der Waals surface area contributed by atoms with Gasteiger partial charge in [-0.15, -0.1) is 5.10 Å².